The molecule has 1 unspecified atom stereocenters. The van der Waals surface area contributed by atoms with Gasteiger partial charge in [-0.2, -0.15) is 0 Å². The predicted octanol–water partition coefficient (Wildman–Crippen LogP) is 0.979. The van der Waals surface area contributed by atoms with E-state index in [-0.39, 0.29) is 24.3 Å². The molecule has 1 fully saturated rings. The van der Waals surface area contributed by atoms with Crippen LogP contribution in [0, 0.1) is 17.3 Å². The van der Waals surface area contributed by atoms with Gasteiger partial charge in [-0.15, -0.1) is 0 Å². The average molecular weight is 256 g/mol. The normalized spacial score (nSPS) is 19.8. The molecule has 0 spiro atoms. The van der Waals surface area contributed by atoms with Crippen molar-refractivity contribution in [1.29, 1.82) is 0 Å². The van der Waals surface area contributed by atoms with Gasteiger partial charge in [-0.25, -0.2) is 0 Å². The summed E-state index contributed by atoms with van der Waals surface area (Å²) in [6.07, 6.45) is 3.15. The number of carbonyl (C=O) groups is 2. The molecular formula is C13H24N2O3. The first-order chi connectivity index (χ1) is 8.43. The van der Waals surface area contributed by atoms with Crippen LogP contribution in [0.1, 0.15) is 39.5 Å². The monoisotopic (exact) mass is 256 g/mol. The Balaban J connectivity index is 2.58. The first-order valence-corrected chi connectivity index (χ1v) is 6.64. The van der Waals surface area contributed by atoms with E-state index in [4.69, 9.17) is 5.73 Å². The van der Waals surface area contributed by atoms with Gasteiger partial charge in [0, 0.05) is 13.1 Å². The highest BCUT2D eigenvalue weighted by atomic mass is 16.4. The second-order valence-corrected chi connectivity index (χ2v) is 5.60. The van der Waals surface area contributed by atoms with Crippen LogP contribution in [0.3, 0.4) is 0 Å². The Morgan fingerprint density at radius 3 is 2.28 bits per heavy atom. The molecule has 0 aromatic rings. The molecule has 0 saturated heterocycles. The third-order valence-electron chi connectivity index (χ3n) is 4.01. The maximum Gasteiger partial charge on any atom is 0.311 e. The minimum Gasteiger partial charge on any atom is -0.481 e. The molecular weight excluding hydrogens is 232 g/mol. The molecule has 18 heavy (non-hydrogen) atoms. The van der Waals surface area contributed by atoms with Gasteiger partial charge in [-0.3, -0.25) is 9.59 Å². The standard InChI is InChI=1S/C13H24N2O3/c1-9(2)10(7-14)11(16)15-8-13(12(17)18)5-3-4-6-13/h9-10H,3-8,14H2,1-2H3,(H,15,16)(H,17,18). The number of carboxylic acids is 1. The average Bonchev–Trinajstić information content (AvgIpc) is 2.76. The minimum atomic E-state index is -0.797. The molecule has 5 heteroatoms. The molecule has 4 N–H and O–H groups in total. The molecule has 1 amide bonds. The lowest BCUT2D eigenvalue weighted by Gasteiger charge is -2.26. The highest BCUT2D eigenvalue weighted by Crippen LogP contribution is 2.37. The van der Waals surface area contributed by atoms with Crippen LogP contribution in [0.2, 0.25) is 0 Å². The van der Waals surface area contributed by atoms with Crippen molar-refractivity contribution in [2.24, 2.45) is 23.0 Å². The first-order valence-electron chi connectivity index (χ1n) is 6.64. The van der Waals surface area contributed by atoms with E-state index in [9.17, 15) is 14.7 Å². The Morgan fingerprint density at radius 2 is 1.89 bits per heavy atom. The molecule has 0 aromatic heterocycles. The molecule has 1 aliphatic carbocycles. The molecule has 5 nitrogen and oxygen atoms in total. The Bertz CT molecular complexity index is 309. The number of aliphatic carboxylic acids is 1. The fourth-order valence-corrected chi connectivity index (χ4v) is 2.59. The smallest absolute Gasteiger partial charge is 0.311 e. The van der Waals surface area contributed by atoms with Gasteiger partial charge in [0.25, 0.3) is 0 Å². The maximum atomic E-state index is 12.0. The van der Waals surface area contributed by atoms with Gasteiger partial charge < -0.3 is 16.2 Å². The van der Waals surface area contributed by atoms with E-state index in [0.29, 0.717) is 19.4 Å². The summed E-state index contributed by atoms with van der Waals surface area (Å²) in [7, 11) is 0. The number of carbonyl (C=O) groups excluding carboxylic acids is 1. The van der Waals surface area contributed by atoms with Crippen molar-refractivity contribution in [3.63, 3.8) is 0 Å². The highest BCUT2D eigenvalue weighted by molar-refractivity contribution is 5.81. The molecule has 0 radical (unpaired) electrons. The fraction of sp³-hybridized carbons (Fsp3) is 0.846. The van der Waals surface area contributed by atoms with Crippen molar-refractivity contribution in [3.05, 3.63) is 0 Å². The molecule has 104 valence electrons. The zero-order valence-corrected chi connectivity index (χ0v) is 11.2. The molecule has 0 heterocycles. The van der Waals surface area contributed by atoms with Crippen molar-refractivity contribution in [2.45, 2.75) is 39.5 Å². The van der Waals surface area contributed by atoms with Gasteiger partial charge in [0.2, 0.25) is 5.91 Å². The summed E-state index contributed by atoms with van der Waals surface area (Å²) < 4.78 is 0. The van der Waals surface area contributed by atoms with Crippen molar-refractivity contribution < 1.29 is 14.7 Å². The quantitative estimate of drug-likeness (QED) is 0.660. The fourth-order valence-electron chi connectivity index (χ4n) is 2.59. The lowest BCUT2D eigenvalue weighted by molar-refractivity contribution is -0.148. The number of nitrogens with one attached hydrogen (secondary N) is 1. The number of carboxylic acid groups (broad SMARTS) is 1. The largest absolute Gasteiger partial charge is 0.481 e. The molecule has 0 bridgehead atoms. The van der Waals surface area contributed by atoms with Crippen LogP contribution >= 0.6 is 0 Å². The molecule has 0 aliphatic heterocycles. The van der Waals surface area contributed by atoms with E-state index in [1.165, 1.54) is 0 Å². The van der Waals surface area contributed by atoms with Gasteiger partial charge >= 0.3 is 5.97 Å². The number of hydrogen-bond donors (Lipinski definition) is 3. The van der Waals surface area contributed by atoms with Crippen LogP contribution in [0.25, 0.3) is 0 Å². The number of rotatable bonds is 6. The van der Waals surface area contributed by atoms with Gasteiger partial charge in [0.15, 0.2) is 0 Å². The van der Waals surface area contributed by atoms with Gasteiger partial charge in [-0.05, 0) is 18.8 Å². The minimum absolute atomic E-state index is 0.125. The topological polar surface area (TPSA) is 92.4 Å². The summed E-state index contributed by atoms with van der Waals surface area (Å²) in [6.45, 7) is 4.41. The predicted molar refractivity (Wildman–Crippen MR) is 68.9 cm³/mol. The summed E-state index contributed by atoms with van der Waals surface area (Å²) in [6, 6.07) is 0. The second kappa shape index (κ2) is 6.18. The van der Waals surface area contributed by atoms with Crippen molar-refractivity contribution >= 4 is 11.9 Å². The molecule has 1 rings (SSSR count). The van der Waals surface area contributed by atoms with E-state index in [2.05, 4.69) is 5.32 Å². The van der Waals surface area contributed by atoms with Crippen molar-refractivity contribution in [1.82, 2.24) is 5.32 Å². The molecule has 1 saturated carbocycles. The zero-order chi connectivity index (χ0) is 13.8. The Kier molecular flexibility index (Phi) is 5.14. The SMILES string of the molecule is CC(C)C(CN)C(=O)NCC1(C(=O)O)CCCC1. The zero-order valence-electron chi connectivity index (χ0n) is 11.2. The number of hydrogen-bond acceptors (Lipinski definition) is 3. The van der Waals surface area contributed by atoms with Crippen molar-refractivity contribution in [2.75, 3.05) is 13.1 Å². The number of amides is 1. The lowest BCUT2D eigenvalue weighted by atomic mass is 9.85. The summed E-state index contributed by atoms with van der Waals surface area (Å²) >= 11 is 0. The van der Waals surface area contributed by atoms with Crippen LogP contribution in [0.4, 0.5) is 0 Å². The van der Waals surface area contributed by atoms with E-state index in [0.717, 1.165) is 12.8 Å². The lowest BCUT2D eigenvalue weighted by Crippen LogP contribution is -2.45. The summed E-state index contributed by atoms with van der Waals surface area (Å²) in [4.78, 5) is 23.3. The van der Waals surface area contributed by atoms with E-state index < -0.39 is 11.4 Å². The van der Waals surface area contributed by atoms with Crippen molar-refractivity contribution in [3.8, 4) is 0 Å². The van der Waals surface area contributed by atoms with Gasteiger partial charge in [0.1, 0.15) is 0 Å². The molecule has 1 aliphatic rings. The Labute approximate surface area is 108 Å². The van der Waals surface area contributed by atoms with Crippen LogP contribution in [-0.4, -0.2) is 30.1 Å². The molecule has 1 atom stereocenters. The third-order valence-corrected chi connectivity index (χ3v) is 4.01. The summed E-state index contributed by atoms with van der Waals surface area (Å²) in [5.41, 5.74) is 4.82. The van der Waals surface area contributed by atoms with Crippen LogP contribution in [0.5, 0.6) is 0 Å². The first kappa shape index (κ1) is 15.0. The molecule has 0 aromatic carbocycles. The number of nitrogens with two attached hydrogens (primary N) is 1. The summed E-state index contributed by atoms with van der Waals surface area (Å²) in [5, 5.41) is 12.1. The second-order valence-electron chi connectivity index (χ2n) is 5.60. The van der Waals surface area contributed by atoms with Crippen LogP contribution in [0.15, 0.2) is 0 Å². The maximum absolute atomic E-state index is 12.0. The van der Waals surface area contributed by atoms with E-state index in [1.54, 1.807) is 0 Å². The van der Waals surface area contributed by atoms with Gasteiger partial charge in [-0.1, -0.05) is 26.7 Å². The third kappa shape index (κ3) is 3.22. The van der Waals surface area contributed by atoms with Crippen LogP contribution in [-0.2, 0) is 9.59 Å². The van der Waals surface area contributed by atoms with Gasteiger partial charge in [0.05, 0.1) is 11.3 Å². The summed E-state index contributed by atoms with van der Waals surface area (Å²) in [5.74, 6) is -0.995. The van der Waals surface area contributed by atoms with E-state index >= 15 is 0 Å². The van der Waals surface area contributed by atoms with E-state index in [1.807, 2.05) is 13.8 Å². The highest BCUT2D eigenvalue weighted by Gasteiger charge is 2.41. The Hall–Kier alpha value is -1.10. The van der Waals surface area contributed by atoms with Crippen LogP contribution < -0.4 is 11.1 Å². The Morgan fingerprint density at radius 1 is 1.33 bits per heavy atom.